The van der Waals surface area contributed by atoms with Crippen molar-refractivity contribution in [3.63, 3.8) is 0 Å². The lowest BCUT2D eigenvalue weighted by Gasteiger charge is -1.99. The summed E-state index contributed by atoms with van der Waals surface area (Å²) in [6.45, 7) is 0. The molecule has 3 aromatic rings. The zero-order valence-electron chi connectivity index (χ0n) is 13.3. The van der Waals surface area contributed by atoms with Crippen molar-refractivity contribution in [3.8, 4) is 17.1 Å². The zero-order valence-corrected chi connectivity index (χ0v) is 13.3. The Morgan fingerprint density at radius 3 is 2.42 bits per heavy atom. The summed E-state index contributed by atoms with van der Waals surface area (Å²) in [4.78, 5) is 22.1. The number of carbonyl (C=O) groups excluding carboxylic acids is 1. The lowest BCUT2D eigenvalue weighted by molar-refractivity contribution is -0.384. The van der Waals surface area contributed by atoms with Gasteiger partial charge in [-0.25, -0.2) is 5.43 Å². The summed E-state index contributed by atoms with van der Waals surface area (Å²) in [5.74, 6) is 0.568. The average molecular weight is 351 g/mol. The van der Waals surface area contributed by atoms with Crippen LogP contribution in [0.1, 0.15) is 16.1 Å². The molecule has 0 radical (unpaired) electrons. The largest absolute Gasteiger partial charge is 0.508 e. The van der Waals surface area contributed by atoms with E-state index in [9.17, 15) is 20.0 Å². The molecule has 0 atom stereocenters. The third-order valence-corrected chi connectivity index (χ3v) is 3.48. The minimum Gasteiger partial charge on any atom is -0.508 e. The smallest absolute Gasteiger partial charge is 0.271 e. The summed E-state index contributed by atoms with van der Waals surface area (Å²) in [6, 6.07) is 15.1. The molecular formula is C18H13N3O5. The Morgan fingerprint density at radius 1 is 1.08 bits per heavy atom. The van der Waals surface area contributed by atoms with Crippen LogP contribution in [0.3, 0.4) is 0 Å². The van der Waals surface area contributed by atoms with E-state index in [-0.39, 0.29) is 11.4 Å². The molecule has 0 unspecified atom stereocenters. The van der Waals surface area contributed by atoms with Gasteiger partial charge >= 0.3 is 0 Å². The molecule has 1 amide bonds. The number of rotatable bonds is 5. The highest BCUT2D eigenvalue weighted by Crippen LogP contribution is 2.24. The fourth-order valence-corrected chi connectivity index (χ4v) is 2.16. The molecule has 0 saturated carbocycles. The van der Waals surface area contributed by atoms with E-state index in [4.69, 9.17) is 4.42 Å². The maximum absolute atomic E-state index is 11.9. The fraction of sp³-hybridized carbons (Fsp3) is 0. The summed E-state index contributed by atoms with van der Waals surface area (Å²) in [6.07, 6.45) is 1.34. The van der Waals surface area contributed by atoms with Gasteiger partial charge in [-0.15, -0.1) is 0 Å². The molecule has 0 aliphatic carbocycles. The quantitative estimate of drug-likeness (QED) is 0.415. The number of nitrogens with one attached hydrogen (secondary N) is 1. The standard InChI is InChI=1S/C18H13N3O5/c22-15-7-3-13(4-8-15)18(23)20-19-11-16-9-10-17(26-16)12-1-5-14(6-2-12)21(24)25/h1-11,22H,(H,20,23). The van der Waals surface area contributed by atoms with Crippen molar-refractivity contribution in [2.75, 3.05) is 0 Å². The van der Waals surface area contributed by atoms with Crippen molar-refractivity contribution < 1.29 is 19.2 Å². The highest BCUT2D eigenvalue weighted by molar-refractivity contribution is 5.94. The number of amides is 1. The number of aromatic hydroxyl groups is 1. The van der Waals surface area contributed by atoms with E-state index in [1.165, 1.54) is 42.6 Å². The van der Waals surface area contributed by atoms with Crippen LogP contribution in [-0.2, 0) is 0 Å². The Balaban J connectivity index is 1.64. The van der Waals surface area contributed by atoms with Gasteiger partial charge < -0.3 is 9.52 Å². The van der Waals surface area contributed by atoms with Gasteiger partial charge in [-0.05, 0) is 48.5 Å². The first-order valence-corrected chi connectivity index (χ1v) is 7.50. The van der Waals surface area contributed by atoms with Gasteiger partial charge in [-0.1, -0.05) is 0 Å². The third kappa shape index (κ3) is 3.93. The molecule has 1 heterocycles. The topological polar surface area (TPSA) is 118 Å². The van der Waals surface area contributed by atoms with Crippen molar-refractivity contribution in [3.05, 3.63) is 82.1 Å². The van der Waals surface area contributed by atoms with Gasteiger partial charge in [0.05, 0.1) is 11.1 Å². The first kappa shape index (κ1) is 16.9. The number of hydrogen-bond donors (Lipinski definition) is 2. The molecule has 8 nitrogen and oxygen atoms in total. The normalized spacial score (nSPS) is 10.8. The van der Waals surface area contributed by atoms with Crippen LogP contribution in [0.5, 0.6) is 5.75 Å². The Kier molecular flexibility index (Phi) is 4.75. The van der Waals surface area contributed by atoms with Gasteiger partial charge in [0.25, 0.3) is 11.6 Å². The summed E-state index contributed by atoms with van der Waals surface area (Å²) >= 11 is 0. The Morgan fingerprint density at radius 2 is 1.77 bits per heavy atom. The van der Waals surface area contributed by atoms with Crippen molar-refractivity contribution in [2.24, 2.45) is 5.10 Å². The zero-order chi connectivity index (χ0) is 18.5. The number of hydrogen-bond acceptors (Lipinski definition) is 6. The van der Waals surface area contributed by atoms with Crippen LogP contribution in [0.15, 0.2) is 70.2 Å². The van der Waals surface area contributed by atoms with Crippen molar-refractivity contribution in [1.82, 2.24) is 5.43 Å². The van der Waals surface area contributed by atoms with E-state index in [0.29, 0.717) is 22.6 Å². The Hall–Kier alpha value is -3.94. The molecule has 1 aromatic heterocycles. The van der Waals surface area contributed by atoms with Crippen molar-refractivity contribution in [1.29, 1.82) is 0 Å². The van der Waals surface area contributed by atoms with Crippen molar-refractivity contribution >= 4 is 17.8 Å². The fourth-order valence-electron chi connectivity index (χ4n) is 2.16. The monoisotopic (exact) mass is 351 g/mol. The number of nitro benzene ring substituents is 1. The first-order valence-electron chi connectivity index (χ1n) is 7.50. The highest BCUT2D eigenvalue weighted by atomic mass is 16.6. The maximum Gasteiger partial charge on any atom is 0.271 e. The Bertz CT molecular complexity index is 959. The summed E-state index contributed by atoms with van der Waals surface area (Å²) in [7, 11) is 0. The second-order valence-corrected chi connectivity index (χ2v) is 5.25. The van der Waals surface area contributed by atoms with Crippen LogP contribution in [0.4, 0.5) is 5.69 Å². The van der Waals surface area contributed by atoms with Gasteiger partial charge in [0.15, 0.2) is 0 Å². The van der Waals surface area contributed by atoms with E-state index in [1.807, 2.05) is 0 Å². The molecule has 2 aromatic carbocycles. The number of phenols is 1. The Labute approximate surface area is 147 Å². The van der Waals surface area contributed by atoms with Crippen LogP contribution < -0.4 is 5.43 Å². The van der Waals surface area contributed by atoms with Gasteiger partial charge in [-0.2, -0.15) is 5.10 Å². The van der Waals surface area contributed by atoms with Crippen molar-refractivity contribution in [2.45, 2.75) is 0 Å². The number of phenolic OH excluding ortho intramolecular Hbond substituents is 1. The summed E-state index contributed by atoms with van der Waals surface area (Å²) in [5, 5.41) is 23.7. The molecule has 0 saturated heterocycles. The van der Waals surface area contributed by atoms with E-state index < -0.39 is 10.8 Å². The number of furan rings is 1. The molecule has 0 aliphatic rings. The minimum absolute atomic E-state index is 0.000893. The van der Waals surface area contributed by atoms with E-state index in [2.05, 4.69) is 10.5 Å². The number of carbonyl (C=O) groups is 1. The summed E-state index contributed by atoms with van der Waals surface area (Å²) in [5.41, 5.74) is 3.39. The molecule has 0 spiro atoms. The molecular weight excluding hydrogens is 338 g/mol. The molecule has 2 N–H and O–H groups in total. The highest BCUT2D eigenvalue weighted by Gasteiger charge is 2.08. The van der Waals surface area contributed by atoms with E-state index >= 15 is 0 Å². The SMILES string of the molecule is O=C(NN=Cc1ccc(-c2ccc([N+](=O)[O-])cc2)o1)c1ccc(O)cc1. The van der Waals surface area contributed by atoms with Crippen LogP contribution in [-0.4, -0.2) is 22.2 Å². The average Bonchev–Trinajstić information content (AvgIpc) is 3.11. The van der Waals surface area contributed by atoms with Gasteiger partial charge in [0.1, 0.15) is 17.3 Å². The van der Waals surface area contributed by atoms with Crippen LogP contribution in [0, 0.1) is 10.1 Å². The van der Waals surface area contributed by atoms with Gasteiger partial charge in [0.2, 0.25) is 0 Å². The molecule has 26 heavy (non-hydrogen) atoms. The van der Waals surface area contributed by atoms with Gasteiger partial charge in [0, 0.05) is 23.3 Å². The second-order valence-electron chi connectivity index (χ2n) is 5.25. The molecule has 8 heteroatoms. The number of benzene rings is 2. The molecule has 3 rings (SSSR count). The third-order valence-electron chi connectivity index (χ3n) is 3.48. The number of hydrazone groups is 1. The van der Waals surface area contributed by atoms with Crippen LogP contribution >= 0.6 is 0 Å². The maximum atomic E-state index is 11.9. The molecule has 0 bridgehead atoms. The van der Waals surface area contributed by atoms with E-state index in [1.54, 1.807) is 24.3 Å². The van der Waals surface area contributed by atoms with Gasteiger partial charge in [-0.3, -0.25) is 14.9 Å². The predicted octanol–water partition coefficient (Wildman–Crippen LogP) is 3.32. The summed E-state index contributed by atoms with van der Waals surface area (Å²) < 4.78 is 5.57. The lowest BCUT2D eigenvalue weighted by Crippen LogP contribution is -2.17. The second kappa shape index (κ2) is 7.31. The minimum atomic E-state index is -0.471. The molecule has 0 fully saturated rings. The van der Waals surface area contributed by atoms with Crippen LogP contribution in [0.25, 0.3) is 11.3 Å². The predicted molar refractivity (Wildman–Crippen MR) is 94.0 cm³/mol. The number of non-ortho nitro benzene ring substituents is 1. The molecule has 0 aliphatic heterocycles. The van der Waals surface area contributed by atoms with E-state index in [0.717, 1.165) is 0 Å². The van der Waals surface area contributed by atoms with Crippen LogP contribution in [0.2, 0.25) is 0 Å². The first-order chi connectivity index (χ1) is 12.5. The number of nitrogens with zero attached hydrogens (tertiary/aromatic N) is 2. The lowest BCUT2D eigenvalue weighted by atomic mass is 10.1. The molecule has 130 valence electrons. The number of nitro groups is 1.